The number of pyridine rings is 1. The SMILES string of the molecule is CC1CN(C(=O)NCCNc2ncccc2C#N)CCC1C(=O)O. The van der Waals surface area contributed by atoms with E-state index in [0.717, 1.165) is 0 Å². The monoisotopic (exact) mass is 331 g/mol. The molecule has 0 aliphatic carbocycles. The topological polar surface area (TPSA) is 118 Å². The lowest BCUT2D eigenvalue weighted by Gasteiger charge is -2.34. The lowest BCUT2D eigenvalue weighted by molar-refractivity contribution is -0.145. The highest BCUT2D eigenvalue weighted by Gasteiger charge is 2.32. The van der Waals surface area contributed by atoms with Crippen molar-refractivity contribution in [3.05, 3.63) is 23.9 Å². The number of amides is 2. The average molecular weight is 331 g/mol. The maximum Gasteiger partial charge on any atom is 0.317 e. The molecular formula is C16H21N5O3. The Hall–Kier alpha value is -2.82. The van der Waals surface area contributed by atoms with E-state index < -0.39 is 5.97 Å². The number of urea groups is 1. The Kier molecular flexibility index (Phi) is 5.95. The van der Waals surface area contributed by atoms with Gasteiger partial charge < -0.3 is 20.6 Å². The summed E-state index contributed by atoms with van der Waals surface area (Å²) in [4.78, 5) is 28.9. The van der Waals surface area contributed by atoms with Crippen molar-refractivity contribution in [1.29, 1.82) is 5.26 Å². The number of hydrogen-bond acceptors (Lipinski definition) is 5. The van der Waals surface area contributed by atoms with Gasteiger partial charge in [-0.3, -0.25) is 4.79 Å². The number of hydrogen-bond donors (Lipinski definition) is 3. The molecule has 0 aromatic carbocycles. The molecule has 24 heavy (non-hydrogen) atoms. The van der Waals surface area contributed by atoms with Crippen molar-refractivity contribution in [3.8, 4) is 6.07 Å². The molecule has 2 unspecified atom stereocenters. The number of aliphatic carboxylic acids is 1. The number of piperidine rings is 1. The van der Waals surface area contributed by atoms with Gasteiger partial charge in [-0.1, -0.05) is 6.92 Å². The summed E-state index contributed by atoms with van der Waals surface area (Å²) in [6, 6.07) is 5.20. The van der Waals surface area contributed by atoms with Crippen LogP contribution >= 0.6 is 0 Å². The molecule has 128 valence electrons. The lowest BCUT2D eigenvalue weighted by Crippen LogP contribution is -2.49. The summed E-state index contributed by atoms with van der Waals surface area (Å²) in [6.07, 6.45) is 2.07. The minimum absolute atomic E-state index is 0.0631. The Morgan fingerprint density at radius 1 is 1.50 bits per heavy atom. The van der Waals surface area contributed by atoms with Gasteiger partial charge in [-0.05, 0) is 24.5 Å². The number of carbonyl (C=O) groups is 2. The van der Waals surface area contributed by atoms with Crippen LogP contribution in [0.4, 0.5) is 10.6 Å². The van der Waals surface area contributed by atoms with Crippen LogP contribution in [0.1, 0.15) is 18.9 Å². The van der Waals surface area contributed by atoms with Crippen molar-refractivity contribution < 1.29 is 14.7 Å². The largest absolute Gasteiger partial charge is 0.481 e. The predicted molar refractivity (Wildman–Crippen MR) is 87.3 cm³/mol. The van der Waals surface area contributed by atoms with E-state index in [1.54, 1.807) is 23.2 Å². The molecule has 1 fully saturated rings. The first-order valence-electron chi connectivity index (χ1n) is 7.87. The zero-order valence-corrected chi connectivity index (χ0v) is 13.5. The first-order chi connectivity index (χ1) is 11.5. The molecule has 3 N–H and O–H groups in total. The molecule has 0 saturated carbocycles. The maximum absolute atomic E-state index is 12.1. The first-order valence-corrected chi connectivity index (χ1v) is 7.87. The van der Waals surface area contributed by atoms with E-state index in [1.807, 2.05) is 13.0 Å². The molecule has 0 spiro atoms. The van der Waals surface area contributed by atoms with Gasteiger partial charge >= 0.3 is 12.0 Å². The number of likely N-dealkylation sites (tertiary alicyclic amines) is 1. The average Bonchev–Trinajstić information content (AvgIpc) is 2.58. The molecule has 2 heterocycles. The van der Waals surface area contributed by atoms with E-state index in [9.17, 15) is 9.59 Å². The molecule has 1 aromatic heterocycles. The van der Waals surface area contributed by atoms with E-state index in [-0.39, 0.29) is 17.9 Å². The fourth-order valence-corrected chi connectivity index (χ4v) is 2.80. The molecule has 1 aliphatic rings. The van der Waals surface area contributed by atoms with Crippen LogP contribution in [0.5, 0.6) is 0 Å². The molecular weight excluding hydrogens is 310 g/mol. The molecule has 8 heteroatoms. The fraction of sp³-hybridized carbons (Fsp3) is 0.500. The minimum atomic E-state index is -0.796. The molecule has 1 saturated heterocycles. The van der Waals surface area contributed by atoms with Crippen LogP contribution in [0.3, 0.4) is 0 Å². The number of carboxylic acids is 1. The van der Waals surface area contributed by atoms with Gasteiger partial charge in [0.1, 0.15) is 11.9 Å². The minimum Gasteiger partial charge on any atom is -0.481 e. The van der Waals surface area contributed by atoms with Crippen LogP contribution in [0.15, 0.2) is 18.3 Å². The lowest BCUT2D eigenvalue weighted by atomic mass is 9.87. The molecule has 1 aromatic rings. The summed E-state index contributed by atoms with van der Waals surface area (Å²) in [5.41, 5.74) is 0.452. The van der Waals surface area contributed by atoms with Crippen molar-refractivity contribution in [2.75, 3.05) is 31.5 Å². The van der Waals surface area contributed by atoms with Gasteiger partial charge in [0, 0.05) is 32.4 Å². The number of nitriles is 1. The predicted octanol–water partition coefficient (Wildman–Crippen LogP) is 1.12. The normalized spacial score (nSPS) is 20.1. The molecule has 2 atom stereocenters. The standard InChI is InChI=1S/C16H21N5O3/c1-11-10-21(8-4-13(11)15(22)23)16(24)20-7-6-19-14-12(9-17)3-2-5-18-14/h2-3,5,11,13H,4,6-8,10H2,1H3,(H,18,19)(H,20,24)(H,22,23). The number of anilines is 1. The van der Waals surface area contributed by atoms with E-state index in [1.165, 1.54) is 0 Å². The van der Waals surface area contributed by atoms with Gasteiger partial charge in [0.2, 0.25) is 0 Å². The summed E-state index contributed by atoms with van der Waals surface area (Å²) in [6.45, 7) is 3.56. The van der Waals surface area contributed by atoms with Crippen molar-refractivity contribution in [2.45, 2.75) is 13.3 Å². The second-order valence-electron chi connectivity index (χ2n) is 5.83. The zero-order chi connectivity index (χ0) is 17.5. The molecule has 2 rings (SSSR count). The summed E-state index contributed by atoms with van der Waals surface area (Å²) in [5, 5.41) is 23.9. The Labute approximate surface area is 140 Å². The highest BCUT2D eigenvalue weighted by Crippen LogP contribution is 2.23. The quantitative estimate of drug-likeness (QED) is 0.696. The fourth-order valence-electron chi connectivity index (χ4n) is 2.80. The smallest absolute Gasteiger partial charge is 0.317 e. The number of nitrogens with one attached hydrogen (secondary N) is 2. The molecule has 1 aliphatic heterocycles. The van der Waals surface area contributed by atoms with Gasteiger partial charge in [0.15, 0.2) is 0 Å². The third kappa shape index (κ3) is 4.35. The molecule has 0 bridgehead atoms. The summed E-state index contributed by atoms with van der Waals surface area (Å²) in [7, 11) is 0. The van der Waals surface area contributed by atoms with Crippen LogP contribution in [0.25, 0.3) is 0 Å². The molecule has 8 nitrogen and oxygen atoms in total. The molecule has 2 amide bonds. The van der Waals surface area contributed by atoms with E-state index >= 15 is 0 Å². The second kappa shape index (κ2) is 8.15. The Morgan fingerprint density at radius 2 is 2.29 bits per heavy atom. The van der Waals surface area contributed by atoms with Gasteiger partial charge in [-0.15, -0.1) is 0 Å². The second-order valence-corrected chi connectivity index (χ2v) is 5.83. The highest BCUT2D eigenvalue weighted by molar-refractivity contribution is 5.75. The summed E-state index contributed by atoms with van der Waals surface area (Å²) >= 11 is 0. The number of carbonyl (C=O) groups excluding carboxylic acids is 1. The van der Waals surface area contributed by atoms with Crippen LogP contribution in [-0.2, 0) is 4.79 Å². The number of nitrogens with zero attached hydrogens (tertiary/aromatic N) is 3. The van der Waals surface area contributed by atoms with Crippen molar-refractivity contribution >= 4 is 17.8 Å². The Morgan fingerprint density at radius 3 is 2.96 bits per heavy atom. The van der Waals surface area contributed by atoms with Gasteiger partial charge in [-0.25, -0.2) is 9.78 Å². The first kappa shape index (κ1) is 17.5. The summed E-state index contributed by atoms with van der Waals surface area (Å²) in [5.74, 6) is -0.753. The van der Waals surface area contributed by atoms with Crippen LogP contribution in [0, 0.1) is 23.2 Å². The zero-order valence-electron chi connectivity index (χ0n) is 13.5. The van der Waals surface area contributed by atoms with Crippen LogP contribution < -0.4 is 10.6 Å². The number of carboxylic acid groups (broad SMARTS) is 1. The third-order valence-electron chi connectivity index (χ3n) is 4.13. The van der Waals surface area contributed by atoms with Crippen molar-refractivity contribution in [3.63, 3.8) is 0 Å². The highest BCUT2D eigenvalue weighted by atomic mass is 16.4. The van der Waals surface area contributed by atoms with E-state index in [2.05, 4.69) is 15.6 Å². The van der Waals surface area contributed by atoms with E-state index in [4.69, 9.17) is 10.4 Å². The van der Waals surface area contributed by atoms with Crippen LogP contribution in [-0.4, -0.2) is 53.2 Å². The third-order valence-corrected chi connectivity index (χ3v) is 4.13. The van der Waals surface area contributed by atoms with Gasteiger partial charge in [-0.2, -0.15) is 5.26 Å². The van der Waals surface area contributed by atoms with Crippen molar-refractivity contribution in [2.24, 2.45) is 11.8 Å². The van der Waals surface area contributed by atoms with Gasteiger partial charge in [0.05, 0.1) is 11.5 Å². The Balaban J connectivity index is 1.74. The maximum atomic E-state index is 12.1. The number of rotatable bonds is 5. The van der Waals surface area contributed by atoms with Crippen molar-refractivity contribution in [1.82, 2.24) is 15.2 Å². The molecule has 0 radical (unpaired) electrons. The van der Waals surface area contributed by atoms with Gasteiger partial charge in [0.25, 0.3) is 0 Å². The van der Waals surface area contributed by atoms with Crippen LogP contribution in [0.2, 0.25) is 0 Å². The number of aromatic nitrogens is 1. The summed E-state index contributed by atoms with van der Waals surface area (Å²) < 4.78 is 0. The Bertz CT molecular complexity index is 643. The van der Waals surface area contributed by atoms with E-state index in [0.29, 0.717) is 44.0 Å².